The molecule has 1 fully saturated rings. The SMILES string of the molecule is [C-]1=CC2CC1C1C=CCC21.[K+]. The Balaban J connectivity index is 0.000000480. The predicted octanol–water partition coefficient (Wildman–Crippen LogP) is -0.808. The van der Waals surface area contributed by atoms with Crippen LogP contribution in [0, 0.1) is 29.7 Å². The summed E-state index contributed by atoms with van der Waals surface area (Å²) in [6, 6.07) is 0. The molecule has 3 aliphatic rings. The zero-order valence-electron chi connectivity index (χ0n) is 6.96. The summed E-state index contributed by atoms with van der Waals surface area (Å²) < 4.78 is 0. The number of hydrogen-bond donors (Lipinski definition) is 0. The van der Waals surface area contributed by atoms with Gasteiger partial charge >= 0.3 is 51.4 Å². The van der Waals surface area contributed by atoms with Crippen LogP contribution in [0.2, 0.25) is 0 Å². The molecule has 2 bridgehead atoms. The van der Waals surface area contributed by atoms with E-state index in [4.69, 9.17) is 0 Å². The molecule has 3 rings (SSSR count). The normalized spacial score (nSPS) is 49.5. The van der Waals surface area contributed by atoms with E-state index in [2.05, 4.69) is 24.3 Å². The second-order valence-electron chi connectivity index (χ2n) is 3.74. The van der Waals surface area contributed by atoms with Crippen LogP contribution in [0.3, 0.4) is 0 Å². The first-order valence-electron chi connectivity index (χ1n) is 4.21. The van der Waals surface area contributed by atoms with Crippen molar-refractivity contribution in [1.82, 2.24) is 0 Å². The molecule has 52 valence electrons. The third-order valence-electron chi connectivity index (χ3n) is 3.33. The smallest absolute Gasteiger partial charge is 0.497 e. The van der Waals surface area contributed by atoms with Crippen molar-refractivity contribution < 1.29 is 51.4 Å². The first kappa shape index (κ1) is 8.70. The topological polar surface area (TPSA) is 0 Å². The van der Waals surface area contributed by atoms with E-state index in [-0.39, 0.29) is 51.4 Å². The van der Waals surface area contributed by atoms with Gasteiger partial charge in [0.15, 0.2) is 0 Å². The maximum absolute atomic E-state index is 3.45. The van der Waals surface area contributed by atoms with Gasteiger partial charge in [-0.25, -0.2) is 0 Å². The van der Waals surface area contributed by atoms with Crippen LogP contribution < -0.4 is 51.4 Å². The molecule has 0 amide bonds. The number of fused-ring (bicyclic) bond motifs is 5. The molecular formula is C10H11K. The van der Waals surface area contributed by atoms with Crippen LogP contribution in [0.4, 0.5) is 0 Å². The van der Waals surface area contributed by atoms with Gasteiger partial charge in [-0.1, -0.05) is 24.5 Å². The van der Waals surface area contributed by atoms with Crippen molar-refractivity contribution in [2.24, 2.45) is 23.7 Å². The van der Waals surface area contributed by atoms with E-state index in [1.807, 2.05) is 0 Å². The molecule has 0 nitrogen and oxygen atoms in total. The maximum Gasteiger partial charge on any atom is 1.00 e. The third kappa shape index (κ3) is 1.17. The fraction of sp³-hybridized carbons (Fsp3) is 0.600. The average molecular weight is 170 g/mol. The van der Waals surface area contributed by atoms with E-state index in [9.17, 15) is 0 Å². The predicted molar refractivity (Wildman–Crippen MR) is 40.1 cm³/mol. The van der Waals surface area contributed by atoms with Crippen LogP contribution in [-0.2, 0) is 0 Å². The molecule has 1 heteroatoms. The van der Waals surface area contributed by atoms with Crippen LogP contribution in [0.5, 0.6) is 0 Å². The summed E-state index contributed by atoms with van der Waals surface area (Å²) in [5, 5.41) is 0. The summed E-state index contributed by atoms with van der Waals surface area (Å²) in [5.41, 5.74) is 0. The summed E-state index contributed by atoms with van der Waals surface area (Å²) in [7, 11) is 0. The molecule has 0 aromatic carbocycles. The summed E-state index contributed by atoms with van der Waals surface area (Å²) in [4.78, 5) is 0. The van der Waals surface area contributed by atoms with Gasteiger partial charge in [0.2, 0.25) is 0 Å². The minimum Gasteiger partial charge on any atom is -0.497 e. The van der Waals surface area contributed by atoms with Gasteiger partial charge in [-0.15, -0.1) is 0 Å². The first-order chi connectivity index (χ1) is 4.95. The first-order valence-corrected chi connectivity index (χ1v) is 4.21. The quantitative estimate of drug-likeness (QED) is 0.253. The van der Waals surface area contributed by atoms with Crippen LogP contribution >= 0.6 is 0 Å². The molecule has 3 aliphatic carbocycles. The third-order valence-corrected chi connectivity index (χ3v) is 3.33. The average Bonchev–Trinajstić information content (AvgIpc) is 2.60. The standard InChI is InChI=1S/C10H11.K/c1-2-9-7-4-5-8(6-7)10(9)3-1;/h1-2,5,7-10H,3,6H2;/q-1;+1. The van der Waals surface area contributed by atoms with Gasteiger partial charge in [0.1, 0.15) is 0 Å². The second-order valence-corrected chi connectivity index (χ2v) is 3.74. The minimum atomic E-state index is 0. The van der Waals surface area contributed by atoms with E-state index in [0.29, 0.717) is 0 Å². The molecule has 1 saturated carbocycles. The van der Waals surface area contributed by atoms with Crippen molar-refractivity contribution in [3.05, 3.63) is 24.3 Å². The van der Waals surface area contributed by atoms with Gasteiger partial charge < -0.3 is 6.08 Å². The number of hydrogen-bond acceptors (Lipinski definition) is 0. The minimum absolute atomic E-state index is 0. The Kier molecular flexibility index (Phi) is 2.46. The summed E-state index contributed by atoms with van der Waals surface area (Å²) >= 11 is 0. The van der Waals surface area contributed by atoms with Crippen LogP contribution in [-0.4, -0.2) is 0 Å². The molecule has 0 aromatic heterocycles. The van der Waals surface area contributed by atoms with E-state index >= 15 is 0 Å². The summed E-state index contributed by atoms with van der Waals surface area (Å²) in [6.07, 6.45) is 13.3. The molecule has 0 heterocycles. The molecule has 4 atom stereocenters. The summed E-state index contributed by atoms with van der Waals surface area (Å²) in [5.74, 6) is 3.56. The Morgan fingerprint density at radius 1 is 1.36 bits per heavy atom. The zero-order valence-corrected chi connectivity index (χ0v) is 10.1. The Labute approximate surface area is 111 Å². The van der Waals surface area contributed by atoms with Gasteiger partial charge in [-0.3, -0.25) is 6.08 Å². The molecule has 0 aliphatic heterocycles. The number of rotatable bonds is 0. The van der Waals surface area contributed by atoms with Crippen LogP contribution in [0.15, 0.2) is 18.2 Å². The largest absolute Gasteiger partial charge is 1.00 e. The molecule has 11 heavy (non-hydrogen) atoms. The van der Waals surface area contributed by atoms with Gasteiger partial charge in [0.25, 0.3) is 0 Å². The van der Waals surface area contributed by atoms with Crippen molar-refractivity contribution in [3.8, 4) is 0 Å². The number of allylic oxidation sites excluding steroid dienone is 4. The van der Waals surface area contributed by atoms with Crippen molar-refractivity contribution in [2.75, 3.05) is 0 Å². The zero-order chi connectivity index (χ0) is 6.55. The van der Waals surface area contributed by atoms with Gasteiger partial charge in [0.05, 0.1) is 0 Å². The molecule has 0 aromatic rings. The molecule has 0 radical (unpaired) electrons. The van der Waals surface area contributed by atoms with Crippen molar-refractivity contribution in [2.45, 2.75) is 12.8 Å². The molecule has 4 unspecified atom stereocenters. The Hall–Kier alpha value is 1.12. The van der Waals surface area contributed by atoms with Crippen LogP contribution in [0.1, 0.15) is 12.8 Å². The Bertz CT molecular complexity index is 217. The van der Waals surface area contributed by atoms with Crippen molar-refractivity contribution in [1.29, 1.82) is 0 Å². The Morgan fingerprint density at radius 2 is 2.27 bits per heavy atom. The second kappa shape index (κ2) is 3.11. The maximum atomic E-state index is 3.45. The monoisotopic (exact) mass is 170 g/mol. The summed E-state index contributed by atoms with van der Waals surface area (Å²) in [6.45, 7) is 0. The van der Waals surface area contributed by atoms with E-state index < -0.39 is 0 Å². The van der Waals surface area contributed by atoms with Gasteiger partial charge in [-0.05, 0) is 18.3 Å². The molecule has 0 spiro atoms. The fourth-order valence-corrected chi connectivity index (χ4v) is 2.83. The molecule has 0 saturated heterocycles. The van der Waals surface area contributed by atoms with Crippen LogP contribution in [0.25, 0.3) is 0 Å². The molecule has 0 N–H and O–H groups in total. The van der Waals surface area contributed by atoms with Gasteiger partial charge in [0, 0.05) is 0 Å². The van der Waals surface area contributed by atoms with Crippen molar-refractivity contribution >= 4 is 0 Å². The van der Waals surface area contributed by atoms with E-state index in [1.165, 1.54) is 12.8 Å². The van der Waals surface area contributed by atoms with E-state index in [1.54, 1.807) is 0 Å². The molecular weight excluding hydrogens is 159 g/mol. The van der Waals surface area contributed by atoms with E-state index in [0.717, 1.165) is 23.7 Å². The Morgan fingerprint density at radius 3 is 3.09 bits per heavy atom. The van der Waals surface area contributed by atoms with Crippen molar-refractivity contribution in [3.63, 3.8) is 0 Å². The van der Waals surface area contributed by atoms with Gasteiger partial charge in [-0.2, -0.15) is 5.92 Å². The fourth-order valence-electron chi connectivity index (χ4n) is 2.83.